The summed E-state index contributed by atoms with van der Waals surface area (Å²) in [7, 11) is 0. The van der Waals surface area contributed by atoms with Gasteiger partial charge >= 0.3 is 0 Å². The van der Waals surface area contributed by atoms with Crippen LogP contribution >= 0.6 is 11.6 Å². The summed E-state index contributed by atoms with van der Waals surface area (Å²) in [5.74, 6) is 2.17. The van der Waals surface area contributed by atoms with E-state index in [0.717, 1.165) is 17.4 Å². The summed E-state index contributed by atoms with van der Waals surface area (Å²) in [5.41, 5.74) is 3.53. The Morgan fingerprint density at radius 1 is 1.26 bits per heavy atom. The summed E-state index contributed by atoms with van der Waals surface area (Å²) in [6, 6.07) is 8.47. The van der Waals surface area contributed by atoms with Crippen molar-refractivity contribution >= 4 is 17.5 Å². The number of amides is 1. The van der Waals surface area contributed by atoms with E-state index < -0.39 is 0 Å². The smallest absolute Gasteiger partial charge is 0.256 e. The number of nitrogens with one attached hydrogen (secondary N) is 1. The summed E-state index contributed by atoms with van der Waals surface area (Å²) in [6.45, 7) is 6.63. The van der Waals surface area contributed by atoms with E-state index in [1.807, 2.05) is 6.92 Å². The second-order valence-corrected chi connectivity index (χ2v) is 8.85. The van der Waals surface area contributed by atoms with E-state index in [1.165, 1.54) is 31.2 Å². The van der Waals surface area contributed by atoms with Gasteiger partial charge in [0.1, 0.15) is 5.15 Å². The molecule has 1 aromatic heterocycles. The lowest BCUT2D eigenvalue weighted by Crippen LogP contribution is -2.40. The molecule has 0 saturated heterocycles. The molecule has 27 heavy (non-hydrogen) atoms. The van der Waals surface area contributed by atoms with Gasteiger partial charge in [0.05, 0.1) is 17.8 Å². The number of nitrogens with zero attached hydrogens (tertiary/aromatic N) is 2. The van der Waals surface area contributed by atoms with Crippen molar-refractivity contribution in [1.82, 2.24) is 15.1 Å². The number of aromatic nitrogens is 2. The molecule has 2 saturated carbocycles. The van der Waals surface area contributed by atoms with E-state index in [2.05, 4.69) is 48.5 Å². The number of aryl methyl sites for hydroxylation is 2. The zero-order valence-corrected chi connectivity index (χ0v) is 17.1. The van der Waals surface area contributed by atoms with Crippen molar-refractivity contribution in [1.29, 1.82) is 0 Å². The SMILES string of the molecule is Cc1ccc(Cn2nc(C)c(C(=O)NC(C)C3CC4CCC3C4)c2Cl)cc1. The fraction of sp³-hybridized carbons (Fsp3) is 0.545. The molecule has 4 unspecified atom stereocenters. The molecule has 0 radical (unpaired) electrons. The molecule has 2 bridgehead atoms. The molecule has 0 spiro atoms. The van der Waals surface area contributed by atoms with Crippen molar-refractivity contribution in [3.05, 3.63) is 51.8 Å². The van der Waals surface area contributed by atoms with Crippen LogP contribution in [0.25, 0.3) is 0 Å². The number of fused-ring (bicyclic) bond motifs is 2. The summed E-state index contributed by atoms with van der Waals surface area (Å²) >= 11 is 6.55. The van der Waals surface area contributed by atoms with Gasteiger partial charge in [-0.3, -0.25) is 4.79 Å². The Hall–Kier alpha value is -1.81. The number of carbonyl (C=O) groups excluding carboxylic acids is 1. The van der Waals surface area contributed by atoms with Crippen LogP contribution in [0.15, 0.2) is 24.3 Å². The van der Waals surface area contributed by atoms with Gasteiger partial charge in [-0.2, -0.15) is 5.10 Å². The van der Waals surface area contributed by atoms with E-state index in [4.69, 9.17) is 11.6 Å². The second kappa shape index (κ2) is 7.31. The summed E-state index contributed by atoms with van der Waals surface area (Å²) in [5, 5.41) is 8.15. The van der Waals surface area contributed by atoms with Gasteiger partial charge < -0.3 is 5.32 Å². The number of rotatable bonds is 5. The van der Waals surface area contributed by atoms with Gasteiger partial charge in [0.25, 0.3) is 5.91 Å². The van der Waals surface area contributed by atoms with Crippen molar-refractivity contribution in [2.24, 2.45) is 17.8 Å². The molecule has 4 rings (SSSR count). The standard InChI is InChI=1S/C22H28ClN3O/c1-13-4-6-16(7-5-13)12-26-21(23)20(15(3)25-26)22(27)24-14(2)19-11-17-8-9-18(19)10-17/h4-7,14,17-19H,8-12H2,1-3H3,(H,24,27). The Morgan fingerprint density at radius 3 is 2.63 bits per heavy atom. The van der Waals surface area contributed by atoms with Crippen molar-refractivity contribution in [2.75, 3.05) is 0 Å². The highest BCUT2D eigenvalue weighted by Crippen LogP contribution is 2.49. The van der Waals surface area contributed by atoms with E-state index in [0.29, 0.717) is 28.9 Å². The van der Waals surface area contributed by atoms with Crippen LogP contribution in [0.1, 0.15) is 59.8 Å². The minimum Gasteiger partial charge on any atom is -0.349 e. The minimum absolute atomic E-state index is 0.0945. The van der Waals surface area contributed by atoms with Crippen molar-refractivity contribution in [2.45, 2.75) is 59.0 Å². The minimum atomic E-state index is -0.0945. The molecule has 5 heteroatoms. The quantitative estimate of drug-likeness (QED) is 0.806. The van der Waals surface area contributed by atoms with Crippen LogP contribution in [0.4, 0.5) is 0 Å². The average Bonchev–Trinajstić information content (AvgIpc) is 3.32. The van der Waals surface area contributed by atoms with Crippen LogP contribution in [-0.4, -0.2) is 21.7 Å². The van der Waals surface area contributed by atoms with Crippen LogP contribution in [0, 0.1) is 31.6 Å². The first-order valence-corrected chi connectivity index (χ1v) is 10.4. The number of benzene rings is 1. The molecule has 1 heterocycles. The zero-order chi connectivity index (χ0) is 19.1. The molecule has 2 aliphatic rings. The molecule has 2 aliphatic carbocycles. The Bertz CT molecular complexity index is 842. The maximum atomic E-state index is 12.9. The fourth-order valence-corrected chi connectivity index (χ4v) is 5.39. The molecule has 4 atom stereocenters. The van der Waals surface area contributed by atoms with Crippen LogP contribution in [0.5, 0.6) is 0 Å². The Morgan fingerprint density at radius 2 is 2.00 bits per heavy atom. The van der Waals surface area contributed by atoms with E-state index in [-0.39, 0.29) is 11.9 Å². The lowest BCUT2D eigenvalue weighted by Gasteiger charge is -2.28. The normalized spacial score (nSPS) is 25.0. The average molecular weight is 386 g/mol. The molecule has 144 valence electrons. The number of halogens is 1. The highest BCUT2D eigenvalue weighted by atomic mass is 35.5. The first kappa shape index (κ1) is 18.5. The second-order valence-electron chi connectivity index (χ2n) is 8.50. The van der Waals surface area contributed by atoms with Gasteiger partial charge in [0.2, 0.25) is 0 Å². The van der Waals surface area contributed by atoms with Gasteiger partial charge in [-0.1, -0.05) is 47.9 Å². The molecular weight excluding hydrogens is 358 g/mol. The molecule has 0 aliphatic heterocycles. The van der Waals surface area contributed by atoms with E-state index in [1.54, 1.807) is 4.68 Å². The number of hydrogen-bond donors (Lipinski definition) is 1. The predicted molar refractivity (Wildman–Crippen MR) is 108 cm³/mol. The van der Waals surface area contributed by atoms with Gasteiger partial charge in [-0.15, -0.1) is 0 Å². The lowest BCUT2D eigenvalue weighted by atomic mass is 9.84. The largest absolute Gasteiger partial charge is 0.349 e. The third-order valence-corrected chi connectivity index (χ3v) is 6.92. The summed E-state index contributed by atoms with van der Waals surface area (Å²) in [6.07, 6.45) is 5.30. The fourth-order valence-electron chi connectivity index (χ4n) is 5.07. The monoisotopic (exact) mass is 385 g/mol. The van der Waals surface area contributed by atoms with Gasteiger partial charge in [0, 0.05) is 6.04 Å². The third kappa shape index (κ3) is 3.64. The van der Waals surface area contributed by atoms with Crippen LogP contribution < -0.4 is 5.32 Å². The predicted octanol–water partition coefficient (Wildman–Crippen LogP) is 4.76. The first-order chi connectivity index (χ1) is 12.9. The summed E-state index contributed by atoms with van der Waals surface area (Å²) < 4.78 is 1.72. The van der Waals surface area contributed by atoms with Crippen molar-refractivity contribution < 1.29 is 4.79 Å². The van der Waals surface area contributed by atoms with Gasteiger partial charge in [-0.05, 0) is 63.4 Å². The Balaban J connectivity index is 1.47. The molecular formula is C22H28ClN3O. The van der Waals surface area contributed by atoms with E-state index >= 15 is 0 Å². The topological polar surface area (TPSA) is 46.9 Å². The molecule has 4 nitrogen and oxygen atoms in total. The zero-order valence-electron chi connectivity index (χ0n) is 16.3. The van der Waals surface area contributed by atoms with Crippen molar-refractivity contribution in [3.8, 4) is 0 Å². The van der Waals surface area contributed by atoms with Gasteiger partial charge in [0.15, 0.2) is 0 Å². The highest BCUT2D eigenvalue weighted by Gasteiger charge is 2.42. The summed E-state index contributed by atoms with van der Waals surface area (Å²) in [4.78, 5) is 12.9. The third-order valence-electron chi connectivity index (χ3n) is 6.54. The maximum Gasteiger partial charge on any atom is 0.256 e. The number of carbonyl (C=O) groups is 1. The Labute approximate surface area is 166 Å². The highest BCUT2D eigenvalue weighted by molar-refractivity contribution is 6.33. The number of hydrogen-bond acceptors (Lipinski definition) is 2. The van der Waals surface area contributed by atoms with Gasteiger partial charge in [-0.25, -0.2) is 4.68 Å². The molecule has 1 N–H and O–H groups in total. The maximum absolute atomic E-state index is 12.9. The van der Waals surface area contributed by atoms with Crippen molar-refractivity contribution in [3.63, 3.8) is 0 Å². The molecule has 2 fully saturated rings. The first-order valence-electron chi connectivity index (χ1n) is 10.0. The van der Waals surface area contributed by atoms with E-state index in [9.17, 15) is 4.79 Å². The lowest BCUT2D eigenvalue weighted by molar-refractivity contribution is 0.0915. The van der Waals surface area contributed by atoms with Crippen LogP contribution in [0.3, 0.4) is 0 Å². The molecule has 2 aromatic rings. The van der Waals surface area contributed by atoms with Crippen LogP contribution in [0.2, 0.25) is 5.15 Å². The Kier molecular flexibility index (Phi) is 5.02. The molecule has 1 aromatic carbocycles. The molecule has 1 amide bonds. The van der Waals surface area contributed by atoms with Crippen LogP contribution in [-0.2, 0) is 6.54 Å².